The topological polar surface area (TPSA) is 88.6 Å². The average molecular weight is 398 g/mol. The fourth-order valence-corrected chi connectivity index (χ4v) is 5.27. The van der Waals surface area contributed by atoms with Crippen LogP contribution >= 0.6 is 11.3 Å². The Hall–Kier alpha value is -1.97. The molecule has 2 heterocycles. The van der Waals surface area contributed by atoms with Gasteiger partial charge in [0.15, 0.2) is 0 Å². The van der Waals surface area contributed by atoms with Crippen molar-refractivity contribution in [3.8, 4) is 5.88 Å². The van der Waals surface area contributed by atoms with Crippen molar-refractivity contribution in [1.82, 2.24) is 14.6 Å². The number of ether oxygens (including phenoxy) is 1. The van der Waals surface area contributed by atoms with Crippen LogP contribution in [0.25, 0.3) is 0 Å². The zero-order chi connectivity index (χ0) is 19.2. The van der Waals surface area contributed by atoms with Crippen molar-refractivity contribution in [3.63, 3.8) is 0 Å². The van der Waals surface area contributed by atoms with Crippen LogP contribution in [0.15, 0.2) is 34.7 Å². The van der Waals surface area contributed by atoms with Crippen LogP contribution in [0.1, 0.15) is 36.0 Å². The third kappa shape index (κ3) is 4.60. The molecule has 2 aromatic rings. The molecule has 1 N–H and O–H groups in total. The van der Waals surface area contributed by atoms with E-state index in [-0.39, 0.29) is 22.5 Å². The van der Waals surface area contributed by atoms with Gasteiger partial charge in [0.2, 0.25) is 5.88 Å². The number of hydrogen-bond acceptors (Lipinski definition) is 6. The van der Waals surface area contributed by atoms with Gasteiger partial charge >= 0.3 is 0 Å². The summed E-state index contributed by atoms with van der Waals surface area (Å²) in [5.41, 5.74) is 0.349. The SMILES string of the molecule is CCOc1ncccc1C(=O)NCc1ccc(S(=O)(=O)N(CC)CC)s1. The lowest BCUT2D eigenvalue weighted by Gasteiger charge is -2.16. The highest BCUT2D eigenvalue weighted by atomic mass is 32.2. The van der Waals surface area contributed by atoms with Gasteiger partial charge in [-0.1, -0.05) is 13.8 Å². The monoisotopic (exact) mass is 397 g/mol. The Balaban J connectivity index is 2.08. The van der Waals surface area contributed by atoms with Gasteiger partial charge in [-0.25, -0.2) is 13.4 Å². The van der Waals surface area contributed by atoms with Crippen LogP contribution in [-0.4, -0.2) is 43.3 Å². The number of pyridine rings is 1. The molecule has 0 aliphatic rings. The van der Waals surface area contributed by atoms with Gasteiger partial charge in [0.1, 0.15) is 9.77 Å². The summed E-state index contributed by atoms with van der Waals surface area (Å²) in [4.78, 5) is 17.2. The summed E-state index contributed by atoms with van der Waals surface area (Å²) in [5.74, 6) is -0.0356. The highest BCUT2D eigenvalue weighted by molar-refractivity contribution is 7.91. The number of sulfonamides is 1. The van der Waals surface area contributed by atoms with E-state index in [4.69, 9.17) is 4.74 Å². The average Bonchev–Trinajstić information content (AvgIpc) is 3.11. The smallest absolute Gasteiger partial charge is 0.257 e. The second-order valence-electron chi connectivity index (χ2n) is 5.28. The molecule has 0 bridgehead atoms. The first kappa shape index (κ1) is 20.3. The Morgan fingerprint density at radius 2 is 1.96 bits per heavy atom. The largest absolute Gasteiger partial charge is 0.477 e. The van der Waals surface area contributed by atoms with Crippen LogP contribution in [0.4, 0.5) is 0 Å². The van der Waals surface area contributed by atoms with Crippen LogP contribution in [0.3, 0.4) is 0 Å². The molecule has 2 aromatic heterocycles. The number of nitrogens with one attached hydrogen (secondary N) is 1. The molecule has 0 saturated heterocycles. The van der Waals surface area contributed by atoms with E-state index in [0.717, 1.165) is 16.2 Å². The van der Waals surface area contributed by atoms with E-state index in [1.807, 2.05) is 6.92 Å². The van der Waals surface area contributed by atoms with E-state index in [9.17, 15) is 13.2 Å². The van der Waals surface area contributed by atoms with Gasteiger partial charge in [-0.2, -0.15) is 4.31 Å². The number of aromatic nitrogens is 1. The normalized spacial score (nSPS) is 11.5. The Bertz CT molecular complexity index is 845. The van der Waals surface area contributed by atoms with Crippen LogP contribution < -0.4 is 10.1 Å². The molecule has 26 heavy (non-hydrogen) atoms. The highest BCUT2D eigenvalue weighted by Crippen LogP contribution is 2.25. The molecule has 0 aromatic carbocycles. The van der Waals surface area contributed by atoms with Crippen LogP contribution in [0.5, 0.6) is 5.88 Å². The van der Waals surface area contributed by atoms with Gasteiger partial charge in [0.05, 0.1) is 13.2 Å². The van der Waals surface area contributed by atoms with Crippen LogP contribution in [0.2, 0.25) is 0 Å². The second kappa shape index (κ2) is 9.11. The van der Waals surface area contributed by atoms with Gasteiger partial charge in [-0.05, 0) is 31.2 Å². The van der Waals surface area contributed by atoms with Crippen molar-refractivity contribution in [3.05, 3.63) is 40.9 Å². The number of hydrogen-bond donors (Lipinski definition) is 1. The van der Waals surface area contributed by atoms with Crippen molar-refractivity contribution in [2.24, 2.45) is 0 Å². The van der Waals surface area contributed by atoms with Gasteiger partial charge in [0, 0.05) is 24.2 Å². The summed E-state index contributed by atoms with van der Waals surface area (Å²) in [6.07, 6.45) is 1.56. The van der Waals surface area contributed by atoms with Crippen LogP contribution in [0, 0.1) is 0 Å². The quantitative estimate of drug-likeness (QED) is 0.702. The second-order valence-corrected chi connectivity index (χ2v) is 8.61. The van der Waals surface area contributed by atoms with Gasteiger partial charge in [-0.15, -0.1) is 11.3 Å². The molecule has 9 heteroatoms. The molecule has 0 radical (unpaired) electrons. The van der Waals surface area contributed by atoms with E-state index in [1.165, 1.54) is 4.31 Å². The summed E-state index contributed by atoms with van der Waals surface area (Å²) in [6, 6.07) is 6.60. The lowest BCUT2D eigenvalue weighted by molar-refractivity contribution is 0.0946. The van der Waals surface area contributed by atoms with Crippen molar-refractivity contribution >= 4 is 27.3 Å². The number of carbonyl (C=O) groups is 1. The molecule has 0 fully saturated rings. The molecule has 7 nitrogen and oxygen atoms in total. The van der Waals surface area contributed by atoms with Crippen molar-refractivity contribution in [2.45, 2.75) is 31.5 Å². The van der Waals surface area contributed by atoms with E-state index in [0.29, 0.717) is 25.3 Å². The first-order valence-electron chi connectivity index (χ1n) is 8.38. The lowest BCUT2D eigenvalue weighted by atomic mass is 10.2. The van der Waals surface area contributed by atoms with E-state index in [2.05, 4.69) is 10.3 Å². The molecular weight excluding hydrogens is 374 g/mol. The van der Waals surface area contributed by atoms with Gasteiger partial charge in [0.25, 0.3) is 15.9 Å². The fourth-order valence-electron chi connectivity index (χ4n) is 2.36. The zero-order valence-corrected chi connectivity index (χ0v) is 16.7. The maximum absolute atomic E-state index is 12.5. The summed E-state index contributed by atoms with van der Waals surface area (Å²) in [6.45, 7) is 6.92. The van der Waals surface area contributed by atoms with Crippen LogP contribution in [-0.2, 0) is 16.6 Å². The minimum atomic E-state index is -3.48. The summed E-state index contributed by atoms with van der Waals surface area (Å²) < 4.78 is 32.1. The predicted octanol–water partition coefficient (Wildman–Crippen LogP) is 2.50. The minimum Gasteiger partial charge on any atom is -0.477 e. The molecule has 142 valence electrons. The summed E-state index contributed by atoms with van der Waals surface area (Å²) in [7, 11) is -3.48. The fraction of sp³-hybridized carbons (Fsp3) is 0.412. The van der Waals surface area contributed by atoms with E-state index >= 15 is 0 Å². The van der Waals surface area contributed by atoms with Gasteiger partial charge in [-0.3, -0.25) is 4.79 Å². The number of amides is 1. The number of rotatable bonds is 9. The Morgan fingerprint density at radius 3 is 2.62 bits per heavy atom. The Morgan fingerprint density at radius 1 is 1.23 bits per heavy atom. The molecule has 0 saturated carbocycles. The van der Waals surface area contributed by atoms with Crippen molar-refractivity contribution < 1.29 is 17.9 Å². The highest BCUT2D eigenvalue weighted by Gasteiger charge is 2.23. The minimum absolute atomic E-state index is 0.234. The first-order chi connectivity index (χ1) is 12.4. The van der Waals surface area contributed by atoms with Crippen molar-refractivity contribution in [2.75, 3.05) is 19.7 Å². The number of nitrogens with zero attached hydrogens (tertiary/aromatic N) is 2. The predicted molar refractivity (Wildman–Crippen MR) is 101 cm³/mol. The molecule has 0 atom stereocenters. The Labute approximate surface area is 158 Å². The molecular formula is C17H23N3O4S2. The summed E-state index contributed by atoms with van der Waals surface area (Å²) in [5, 5.41) is 2.78. The molecule has 1 amide bonds. The maximum Gasteiger partial charge on any atom is 0.257 e. The van der Waals surface area contributed by atoms with Crippen molar-refractivity contribution in [1.29, 1.82) is 0 Å². The third-order valence-corrected chi connectivity index (χ3v) is 7.26. The first-order valence-corrected chi connectivity index (χ1v) is 10.6. The number of thiophene rings is 1. The third-order valence-electron chi connectivity index (χ3n) is 3.66. The molecule has 0 aliphatic carbocycles. The Kier molecular flexibility index (Phi) is 7.13. The lowest BCUT2D eigenvalue weighted by Crippen LogP contribution is -2.30. The zero-order valence-electron chi connectivity index (χ0n) is 15.1. The maximum atomic E-state index is 12.5. The summed E-state index contributed by atoms with van der Waals surface area (Å²) >= 11 is 1.16. The standard InChI is InChI=1S/C17H23N3O4S2/c1-4-20(5-2)26(22,23)15-10-9-13(25-15)12-19-16(21)14-8-7-11-18-17(14)24-6-3/h7-11H,4-6,12H2,1-3H3,(H,19,21). The molecule has 0 spiro atoms. The molecule has 0 unspecified atom stereocenters. The van der Waals surface area contributed by atoms with Gasteiger partial charge < -0.3 is 10.1 Å². The molecule has 2 rings (SSSR count). The van der Waals surface area contributed by atoms with E-state index < -0.39 is 10.0 Å². The number of carbonyl (C=O) groups excluding carboxylic acids is 1. The molecule has 0 aliphatic heterocycles. The van der Waals surface area contributed by atoms with E-state index in [1.54, 1.807) is 44.3 Å².